The maximum Gasteiger partial charge on any atom is 0.118 e. The molecule has 0 fully saturated rings. The molecular formula is C12H16OS. The second-order valence-corrected chi connectivity index (χ2v) is 3.93. The van der Waals surface area contributed by atoms with Crippen LogP contribution in [0.3, 0.4) is 0 Å². The molecule has 1 rings (SSSR count). The molecular weight excluding hydrogens is 192 g/mol. The highest BCUT2D eigenvalue weighted by molar-refractivity contribution is 8.01. The fourth-order valence-electron chi connectivity index (χ4n) is 1.31. The zero-order chi connectivity index (χ0) is 10.4. The van der Waals surface area contributed by atoms with E-state index in [9.17, 15) is 0 Å². The lowest BCUT2D eigenvalue weighted by Gasteiger charge is -2.03. The van der Waals surface area contributed by atoms with Gasteiger partial charge < -0.3 is 4.74 Å². The molecule has 0 aliphatic rings. The third-order valence-electron chi connectivity index (χ3n) is 1.96. The van der Waals surface area contributed by atoms with Crippen LogP contribution in [-0.2, 0) is 6.42 Å². The van der Waals surface area contributed by atoms with Crippen LogP contribution in [0, 0.1) is 0 Å². The largest absolute Gasteiger partial charge is 0.497 e. The van der Waals surface area contributed by atoms with Crippen LogP contribution in [0.4, 0.5) is 0 Å². The fourth-order valence-corrected chi connectivity index (χ4v) is 1.79. The lowest BCUT2D eigenvalue weighted by molar-refractivity contribution is 0.414. The average molecular weight is 208 g/mol. The van der Waals surface area contributed by atoms with Crippen LogP contribution in [0.25, 0.3) is 0 Å². The number of hydrogen-bond acceptors (Lipinski definition) is 2. The van der Waals surface area contributed by atoms with Gasteiger partial charge in [-0.1, -0.05) is 17.7 Å². The minimum Gasteiger partial charge on any atom is -0.497 e. The van der Waals surface area contributed by atoms with E-state index in [1.165, 1.54) is 11.1 Å². The fraction of sp³-hybridized carbons (Fsp3) is 0.333. The predicted octanol–water partition coefficient (Wildman–Crippen LogP) is 3.50. The Labute approximate surface area is 90.2 Å². The maximum absolute atomic E-state index is 5.10. The highest BCUT2D eigenvalue weighted by Crippen LogP contribution is 2.15. The highest BCUT2D eigenvalue weighted by atomic mass is 32.2. The van der Waals surface area contributed by atoms with Gasteiger partial charge in [0.2, 0.25) is 0 Å². The summed E-state index contributed by atoms with van der Waals surface area (Å²) in [5.74, 6) is 0.917. The van der Waals surface area contributed by atoms with Gasteiger partial charge in [-0.05, 0) is 42.7 Å². The molecule has 0 aliphatic heterocycles. The highest BCUT2D eigenvalue weighted by Gasteiger charge is 1.95. The van der Waals surface area contributed by atoms with Crippen LogP contribution in [0.5, 0.6) is 5.75 Å². The van der Waals surface area contributed by atoms with Crippen LogP contribution in [0.2, 0.25) is 0 Å². The van der Waals surface area contributed by atoms with Crippen molar-refractivity contribution in [3.63, 3.8) is 0 Å². The van der Waals surface area contributed by atoms with Crippen molar-refractivity contribution < 1.29 is 4.74 Å². The number of hydrogen-bond donors (Lipinski definition) is 0. The van der Waals surface area contributed by atoms with Crippen LogP contribution < -0.4 is 4.74 Å². The predicted molar refractivity (Wildman–Crippen MR) is 64.0 cm³/mol. The minimum absolute atomic E-state index is 0.917. The number of thioether (sulfide) groups is 1. The molecule has 14 heavy (non-hydrogen) atoms. The number of ether oxygens (including phenoxy) is 1. The van der Waals surface area contributed by atoms with Crippen molar-refractivity contribution in [1.29, 1.82) is 0 Å². The molecule has 0 spiro atoms. The zero-order valence-corrected chi connectivity index (χ0v) is 9.73. The van der Waals surface area contributed by atoms with Crippen LogP contribution in [0.1, 0.15) is 12.5 Å². The Morgan fingerprint density at radius 2 is 2.00 bits per heavy atom. The molecule has 0 amide bonds. The SMILES string of the molecule is COc1ccc(C/C(C)=C/SC)cc1. The van der Waals surface area contributed by atoms with Gasteiger partial charge in [0.15, 0.2) is 0 Å². The summed E-state index contributed by atoms with van der Waals surface area (Å²) in [6, 6.07) is 8.22. The standard InChI is InChI=1S/C12H16OS/c1-10(9-14-3)8-11-4-6-12(13-2)7-5-11/h4-7,9H,8H2,1-3H3/b10-9+. The lowest BCUT2D eigenvalue weighted by Crippen LogP contribution is -1.87. The van der Waals surface area contributed by atoms with Gasteiger partial charge in [-0.3, -0.25) is 0 Å². The summed E-state index contributed by atoms with van der Waals surface area (Å²) in [4.78, 5) is 0. The van der Waals surface area contributed by atoms with E-state index in [1.54, 1.807) is 18.9 Å². The molecule has 0 heterocycles. The summed E-state index contributed by atoms with van der Waals surface area (Å²) >= 11 is 1.75. The smallest absolute Gasteiger partial charge is 0.118 e. The van der Waals surface area contributed by atoms with Crippen molar-refractivity contribution in [3.05, 3.63) is 40.8 Å². The number of benzene rings is 1. The van der Waals surface area contributed by atoms with E-state index in [-0.39, 0.29) is 0 Å². The first kappa shape index (κ1) is 11.2. The molecule has 0 saturated heterocycles. The first-order valence-corrected chi connectivity index (χ1v) is 5.86. The van der Waals surface area contributed by atoms with Crippen LogP contribution >= 0.6 is 11.8 Å². The molecule has 0 N–H and O–H groups in total. The van der Waals surface area contributed by atoms with E-state index in [4.69, 9.17) is 4.74 Å². The number of allylic oxidation sites excluding steroid dienone is 1. The Kier molecular flexibility index (Phi) is 4.60. The average Bonchev–Trinajstić information content (AvgIpc) is 2.19. The molecule has 0 unspecified atom stereocenters. The van der Waals surface area contributed by atoms with Gasteiger partial charge in [0.05, 0.1) is 7.11 Å². The first-order chi connectivity index (χ1) is 6.76. The molecule has 76 valence electrons. The van der Waals surface area contributed by atoms with Crippen molar-refractivity contribution in [3.8, 4) is 5.75 Å². The Morgan fingerprint density at radius 1 is 1.36 bits per heavy atom. The van der Waals surface area contributed by atoms with E-state index in [2.05, 4.69) is 30.7 Å². The summed E-state index contributed by atoms with van der Waals surface area (Å²) in [5, 5.41) is 2.18. The third-order valence-corrected chi connectivity index (χ3v) is 2.60. The van der Waals surface area contributed by atoms with Crippen LogP contribution in [0.15, 0.2) is 35.2 Å². The first-order valence-electron chi connectivity index (χ1n) is 4.57. The summed E-state index contributed by atoms with van der Waals surface area (Å²) in [6.45, 7) is 2.15. The normalized spacial score (nSPS) is 11.5. The van der Waals surface area contributed by atoms with Gasteiger partial charge in [-0.15, -0.1) is 11.8 Å². The summed E-state index contributed by atoms with van der Waals surface area (Å²) in [6.07, 6.45) is 3.10. The molecule has 0 atom stereocenters. The van der Waals surface area contributed by atoms with Gasteiger partial charge >= 0.3 is 0 Å². The summed E-state index contributed by atoms with van der Waals surface area (Å²) in [7, 11) is 1.69. The van der Waals surface area contributed by atoms with Gasteiger partial charge in [-0.2, -0.15) is 0 Å². The Balaban J connectivity index is 2.64. The van der Waals surface area contributed by atoms with Crippen molar-refractivity contribution in [2.45, 2.75) is 13.3 Å². The molecule has 0 saturated carbocycles. The van der Waals surface area contributed by atoms with Crippen molar-refractivity contribution in [1.82, 2.24) is 0 Å². The van der Waals surface area contributed by atoms with Crippen molar-refractivity contribution >= 4 is 11.8 Å². The number of methoxy groups -OCH3 is 1. The molecule has 0 radical (unpaired) electrons. The van der Waals surface area contributed by atoms with E-state index in [0.29, 0.717) is 0 Å². The van der Waals surface area contributed by atoms with Gasteiger partial charge in [-0.25, -0.2) is 0 Å². The van der Waals surface area contributed by atoms with Gasteiger partial charge in [0.25, 0.3) is 0 Å². The monoisotopic (exact) mass is 208 g/mol. The van der Waals surface area contributed by atoms with Crippen molar-refractivity contribution in [2.75, 3.05) is 13.4 Å². The van der Waals surface area contributed by atoms with Gasteiger partial charge in [0.1, 0.15) is 5.75 Å². The quantitative estimate of drug-likeness (QED) is 0.749. The zero-order valence-electron chi connectivity index (χ0n) is 8.91. The van der Waals surface area contributed by atoms with E-state index in [0.717, 1.165) is 12.2 Å². The van der Waals surface area contributed by atoms with E-state index in [1.807, 2.05) is 12.1 Å². The minimum atomic E-state index is 0.917. The molecule has 1 nitrogen and oxygen atoms in total. The maximum atomic E-state index is 5.10. The third kappa shape index (κ3) is 3.46. The number of rotatable bonds is 4. The Bertz CT molecular complexity index is 301. The summed E-state index contributed by atoms with van der Waals surface area (Å²) < 4.78 is 5.10. The van der Waals surface area contributed by atoms with Gasteiger partial charge in [0, 0.05) is 0 Å². The molecule has 1 aromatic carbocycles. The molecule has 2 heteroatoms. The van der Waals surface area contributed by atoms with E-state index >= 15 is 0 Å². The van der Waals surface area contributed by atoms with E-state index < -0.39 is 0 Å². The Morgan fingerprint density at radius 3 is 2.50 bits per heavy atom. The second kappa shape index (κ2) is 5.76. The topological polar surface area (TPSA) is 9.23 Å². The molecule has 0 bridgehead atoms. The lowest BCUT2D eigenvalue weighted by atomic mass is 10.1. The van der Waals surface area contributed by atoms with Crippen LogP contribution in [-0.4, -0.2) is 13.4 Å². The molecule has 1 aromatic rings. The molecule has 0 aliphatic carbocycles. The summed E-state index contributed by atoms with van der Waals surface area (Å²) in [5.41, 5.74) is 2.72. The second-order valence-electron chi connectivity index (χ2n) is 3.22. The molecule has 0 aromatic heterocycles. The Hall–Kier alpha value is -0.890. The van der Waals surface area contributed by atoms with Crippen molar-refractivity contribution in [2.24, 2.45) is 0 Å².